The lowest BCUT2D eigenvalue weighted by Crippen LogP contribution is -2.66. The highest BCUT2D eigenvalue weighted by atomic mass is 127. The summed E-state index contributed by atoms with van der Waals surface area (Å²) in [6.45, 7) is 20.8. The monoisotopic (exact) mass is 2380 g/mol. The number of ketones is 2. The quantitative estimate of drug-likeness (QED) is 0.00374. The topological polar surface area (TPSA) is 559 Å². The number of benzene rings is 3. The van der Waals surface area contributed by atoms with Crippen molar-refractivity contribution in [2.24, 2.45) is 29.4 Å². The number of aliphatic hydroxyl groups is 5. The van der Waals surface area contributed by atoms with Crippen molar-refractivity contribution in [2.75, 3.05) is 106 Å². The van der Waals surface area contributed by atoms with Gasteiger partial charge in [0.25, 0.3) is 5.91 Å². The second-order valence-corrected chi connectivity index (χ2v) is 43.1. The molecule has 5 aliphatic rings. The highest BCUT2D eigenvalue weighted by Crippen LogP contribution is 2.50. The smallest absolute Gasteiger partial charge is 0.407 e. The maximum absolute atomic E-state index is 14.8. The Morgan fingerprint density at radius 3 is 2.10 bits per heavy atom. The fourth-order valence-corrected chi connectivity index (χ4v) is 22.1. The lowest BCUT2D eigenvalue weighted by atomic mass is 9.64. The molecule has 42 nitrogen and oxygen atoms in total. The summed E-state index contributed by atoms with van der Waals surface area (Å²) in [7, 11) is 9.64. The molecule has 4 aliphatic heterocycles. The standard InChI is InChI=1S/C101H140Br2IN11O31S3/c1-18-20-21-22-23-26-72(79-63(34-41-147-149-54(7)8)101(130,53(5)6)46-71(118)83(79)113-100(129)135-17)143-97-90(85(122)82(56(10)141-97)114-146-77-44-70(117)92(58(12)140-77)148-95(126)78-55(9)80(104)88(91(134-16)87(78)132-14)145-96-86(123)89(133-15)84(121)57(11)142-96)144-76-45-73(131-13)68(51-138-76)115(19-2)75(120)49-108-99(128)139-50-59-27-30-62(31-28-59)109-94(125)60(25-24-35-107-98(105)127)43-69(116)81(52(3)4)112-74(119)33-37-136-39-40-137-38-36-106-93(124)61-29-32-64-65(42-61)111-67(48-103)66(47-102)110-64/h21-22,27-32,34,42,52-54,56-58,60,68,70,72-73,76-77,79,81-86,89-90,92,96-97,114,117,121-123,130H,19,24-25,33,35-41,43-51H2,1-17H3,(H,106,124)(H,108,128)(H,109,125)(H,112,119)(H,113,129)(H3,105,107,127)/b22-21-,63-34+/t56?,57?,58?,60-,68?,70?,72+,73?,76?,77?,79?,81+,82?,83?,84?,85?,86?,89?,90?,92?,96?,97?,101-/m1/s1. The number of nitrogens with two attached hydrogens (primary N) is 1. The molecule has 1 saturated carbocycles. The minimum Gasteiger partial charge on any atom is -0.492 e. The van der Waals surface area contributed by atoms with E-state index in [1.54, 1.807) is 129 Å². The average Bonchev–Trinajstić information content (AvgIpc) is 0.743. The van der Waals surface area contributed by atoms with Crippen LogP contribution >= 0.6 is 87.8 Å². The number of carbonyl (C=O) groups is 10. The number of rotatable bonds is 51. The van der Waals surface area contributed by atoms with E-state index in [2.05, 4.69) is 103 Å². The van der Waals surface area contributed by atoms with Crippen LogP contribution < -0.4 is 57.3 Å². The lowest BCUT2D eigenvalue weighted by molar-refractivity contribution is -0.340. The Labute approximate surface area is 910 Å². The van der Waals surface area contributed by atoms with Crippen molar-refractivity contribution in [1.82, 2.24) is 46.9 Å². The van der Waals surface area contributed by atoms with Gasteiger partial charge in [-0.15, -0.1) is 5.92 Å². The third-order valence-corrected chi connectivity index (χ3v) is 32.2. The predicted molar refractivity (Wildman–Crippen MR) is 569 cm³/mol. The predicted octanol–water partition coefficient (Wildman–Crippen LogP) is 8.58. The molecule has 48 heteroatoms. The number of aromatic nitrogens is 2. The number of hydrogen-bond acceptors (Lipinski definition) is 37. The minimum absolute atomic E-state index is 0.0126. The largest absolute Gasteiger partial charge is 0.492 e. The van der Waals surface area contributed by atoms with Crippen LogP contribution in [0, 0.1) is 57.8 Å². The summed E-state index contributed by atoms with van der Waals surface area (Å²) in [5.74, 6) is 5.99. The van der Waals surface area contributed by atoms with Gasteiger partial charge in [-0.3, -0.25) is 38.4 Å². The zero-order chi connectivity index (χ0) is 109. The molecule has 1 aromatic heterocycles. The molecule has 4 aromatic rings. The van der Waals surface area contributed by atoms with Crippen LogP contribution in [0.1, 0.15) is 164 Å². The lowest BCUT2D eigenvalue weighted by Gasteiger charge is -2.49. The number of nitrogens with zero attached hydrogens (tertiary/aromatic N) is 3. The van der Waals surface area contributed by atoms with Crippen molar-refractivity contribution < 1.29 is 149 Å². The fraction of sp³-hybridized carbons (Fsp3) is 0.624. The summed E-state index contributed by atoms with van der Waals surface area (Å²) in [4.78, 5) is 154. The van der Waals surface area contributed by atoms with Crippen LogP contribution in [-0.4, -0.2) is 332 Å². The molecule has 824 valence electrons. The number of anilines is 1. The number of halogens is 3. The Balaban J connectivity index is 0.838. The zero-order valence-electron chi connectivity index (χ0n) is 86.5. The SMILES string of the molecule is CC#C/C=C\C#C[C@H](OC1OC(C)C(NOC2CC(O)C(SC(=O)c3c(C)c(I)c(OC4OC(C)C(O)C(OC)C4O)c(OC)c3OC)C(C)O2)C(O)C1OC1CC(OC)C(N(CC)C(=O)CNC(=O)OCc2ccc(NC(=O)[C@H](CCCNC(N)=O)CC(=O)[C@@H](NC(=O)CCOCCOCCNC(=O)c3ccc4nc(CBr)c(CBr)nc4c3)C(C)C)cc2)CO1)C1/C(=C\CSSC(C)C)[C@](O)(C(C)C)CC(=O)C1NC(=O)OC. The summed E-state index contributed by atoms with van der Waals surface area (Å²) in [6.07, 6.45) is -17.1. The molecule has 23 atom stereocenters. The van der Waals surface area contributed by atoms with Gasteiger partial charge >= 0.3 is 18.2 Å². The van der Waals surface area contributed by atoms with E-state index < -0.39 is 211 Å². The molecule has 3 aromatic carbocycles. The number of urea groups is 1. The van der Waals surface area contributed by atoms with E-state index >= 15 is 0 Å². The van der Waals surface area contributed by atoms with E-state index in [1.807, 2.05) is 36.4 Å². The summed E-state index contributed by atoms with van der Waals surface area (Å²) in [5.41, 5.74) is 11.2. The Hall–Kier alpha value is -8.24. The van der Waals surface area contributed by atoms with Crippen molar-refractivity contribution in [3.8, 4) is 40.9 Å². The van der Waals surface area contributed by atoms with Crippen LogP contribution in [0.5, 0.6) is 17.2 Å². The number of methoxy groups -OCH3 is 5. The van der Waals surface area contributed by atoms with E-state index in [0.29, 0.717) is 59.0 Å². The minimum atomic E-state index is -1.84. The van der Waals surface area contributed by atoms with Gasteiger partial charge in [-0.05, 0) is 148 Å². The number of amides is 8. The number of alkyl carbamates (subject to hydrolysis) is 2. The molecule has 9 rings (SSSR count). The number of hydrogen-bond donors (Lipinski definition) is 13. The first-order valence-electron chi connectivity index (χ1n) is 49.0. The van der Waals surface area contributed by atoms with Gasteiger partial charge in [0.15, 0.2) is 41.9 Å². The van der Waals surface area contributed by atoms with Gasteiger partial charge in [0.05, 0.1) is 145 Å². The molecule has 0 bridgehead atoms. The number of carbonyl (C=O) groups excluding carboxylic acids is 10. The van der Waals surface area contributed by atoms with Gasteiger partial charge in [0.1, 0.15) is 55.8 Å². The van der Waals surface area contributed by atoms with Gasteiger partial charge in [-0.1, -0.05) is 143 Å². The number of primary amides is 1. The second kappa shape index (κ2) is 61.2. The molecule has 1 aliphatic carbocycles. The highest BCUT2D eigenvalue weighted by molar-refractivity contribution is 14.1. The van der Waals surface area contributed by atoms with Crippen LogP contribution in [0.15, 0.2) is 66.3 Å². The first kappa shape index (κ1) is 124. The van der Waals surface area contributed by atoms with Crippen molar-refractivity contribution in [1.29, 1.82) is 0 Å². The maximum atomic E-state index is 14.8. The molecular formula is C101H140Br2IN11O31S3. The number of thioether (sulfide) groups is 1. The van der Waals surface area contributed by atoms with E-state index in [4.69, 9.17) is 81.6 Å². The second-order valence-electron chi connectivity index (χ2n) is 36.8. The van der Waals surface area contributed by atoms with Gasteiger partial charge in [-0.2, -0.15) is 5.48 Å². The molecule has 19 unspecified atom stereocenters. The number of nitrogens with one attached hydrogen (secondary N) is 7. The van der Waals surface area contributed by atoms with E-state index in [-0.39, 0.29) is 138 Å². The van der Waals surface area contributed by atoms with Crippen molar-refractivity contribution in [3.63, 3.8) is 0 Å². The molecule has 0 spiro atoms. The maximum Gasteiger partial charge on any atom is 0.407 e. The van der Waals surface area contributed by atoms with Crippen LogP contribution in [0.25, 0.3) is 11.0 Å². The normalized spacial score (nSPS) is 25.8. The number of aliphatic hydroxyl groups excluding tert-OH is 4. The summed E-state index contributed by atoms with van der Waals surface area (Å²) >= 11 is 9.63. The van der Waals surface area contributed by atoms with Crippen molar-refractivity contribution in [3.05, 3.63) is 103 Å². The first-order valence-corrected chi connectivity index (χ1v) is 55.6. The summed E-state index contributed by atoms with van der Waals surface area (Å²) in [6, 6.07) is 6.15. The highest BCUT2D eigenvalue weighted by Gasteiger charge is 2.57. The van der Waals surface area contributed by atoms with Crippen molar-refractivity contribution >= 4 is 163 Å². The number of likely N-dealkylation sites (N-methyl/N-ethyl adjacent to an activating group) is 1. The Bertz CT molecular complexity index is 5360. The third-order valence-electron chi connectivity index (χ3n) is 25.6. The van der Waals surface area contributed by atoms with Gasteiger partial charge < -0.3 is 139 Å². The molecule has 8 amide bonds. The van der Waals surface area contributed by atoms with Crippen LogP contribution in [0.4, 0.5) is 20.1 Å². The Kier molecular flexibility index (Phi) is 51.0. The first-order chi connectivity index (χ1) is 71.1. The number of fused-ring (bicyclic) bond motifs is 1. The summed E-state index contributed by atoms with van der Waals surface area (Å²) < 4.78 is 91.2. The van der Waals surface area contributed by atoms with Crippen LogP contribution in [-0.2, 0) is 103 Å². The number of allylic oxidation sites excluding steroid dienone is 2. The molecule has 149 heavy (non-hydrogen) atoms. The molecular weight excluding hydrogens is 2250 g/mol. The van der Waals surface area contributed by atoms with E-state index in [0.717, 1.165) is 30.3 Å². The molecule has 5 fully saturated rings. The van der Waals surface area contributed by atoms with Gasteiger partial charge in [0.2, 0.25) is 34.9 Å². The van der Waals surface area contributed by atoms with E-state index in [1.165, 1.54) is 56.3 Å². The summed E-state index contributed by atoms with van der Waals surface area (Å²) in [5, 5.41) is 75.9. The number of ether oxygens (including phenoxy) is 15. The Morgan fingerprint density at radius 2 is 1.46 bits per heavy atom. The van der Waals surface area contributed by atoms with Gasteiger partial charge in [-0.25, -0.2) is 24.4 Å². The average molecular weight is 2390 g/mol. The number of Topliss-reactive ketones (excluding diaryl/α,β-unsaturated/α-hetero) is 2. The van der Waals surface area contributed by atoms with Gasteiger partial charge in [0, 0.05) is 111 Å². The fourth-order valence-electron chi connectivity index (χ4n) is 17.6. The molecule has 4 saturated heterocycles. The zero-order valence-corrected chi connectivity index (χ0v) is 94.3. The van der Waals surface area contributed by atoms with E-state index in [9.17, 15) is 73.5 Å². The Morgan fingerprint density at radius 1 is 0.772 bits per heavy atom. The van der Waals surface area contributed by atoms with Crippen LogP contribution in [0.2, 0.25) is 0 Å². The molecule has 0 radical (unpaired) electrons. The number of alkyl halides is 2. The van der Waals surface area contributed by atoms with Crippen molar-refractivity contribution in [2.45, 2.75) is 278 Å². The van der Waals surface area contributed by atoms with Crippen LogP contribution in [0.3, 0.4) is 0 Å². The molecule has 5 heterocycles. The third kappa shape index (κ3) is 34.6. The number of hydroxylamine groups is 1. The molecule has 14 N–H and O–H groups in total.